The predicted octanol–water partition coefficient (Wildman–Crippen LogP) is 4.59. The molecule has 0 aliphatic heterocycles. The van der Waals surface area contributed by atoms with Gasteiger partial charge in [0.15, 0.2) is 0 Å². The molecule has 1 aromatic rings. The number of benzene rings is 1. The van der Waals surface area contributed by atoms with Crippen molar-refractivity contribution in [1.82, 2.24) is 5.32 Å². The van der Waals surface area contributed by atoms with Crippen LogP contribution in [0.5, 0.6) is 0 Å². The van der Waals surface area contributed by atoms with Gasteiger partial charge in [0.25, 0.3) is 0 Å². The van der Waals surface area contributed by atoms with Gasteiger partial charge in [-0.05, 0) is 43.5 Å². The summed E-state index contributed by atoms with van der Waals surface area (Å²) in [5.74, 6) is 0.423. The first-order valence-electron chi connectivity index (χ1n) is 5.74. The quantitative estimate of drug-likeness (QED) is 0.838. The largest absolute Gasteiger partial charge is 0.314 e. The molecule has 0 bridgehead atoms. The zero-order valence-corrected chi connectivity index (χ0v) is 12.4. The molecule has 0 aliphatic rings. The second-order valence-electron chi connectivity index (χ2n) is 4.20. The molecule has 1 rings (SSSR count). The molecule has 0 heterocycles. The topological polar surface area (TPSA) is 12.0 Å². The summed E-state index contributed by atoms with van der Waals surface area (Å²) in [6, 6.07) is 6.55. The van der Waals surface area contributed by atoms with Crippen molar-refractivity contribution in [2.75, 3.05) is 6.54 Å². The van der Waals surface area contributed by atoms with Gasteiger partial charge in [0.2, 0.25) is 0 Å². The molecular weight excluding hydrogens is 286 g/mol. The molecule has 90 valence electrons. The molecule has 0 spiro atoms. The lowest BCUT2D eigenvalue weighted by atomic mass is 9.94. The molecular formula is C13H19BrClN. The van der Waals surface area contributed by atoms with E-state index in [1.165, 1.54) is 5.56 Å². The molecule has 1 nitrogen and oxygen atoms in total. The Hall–Kier alpha value is -0.0500. The molecule has 0 fully saturated rings. The van der Waals surface area contributed by atoms with E-state index in [2.05, 4.69) is 48.1 Å². The van der Waals surface area contributed by atoms with Crippen molar-refractivity contribution in [2.24, 2.45) is 0 Å². The van der Waals surface area contributed by atoms with Crippen molar-refractivity contribution in [3.63, 3.8) is 0 Å². The van der Waals surface area contributed by atoms with Gasteiger partial charge in [0, 0.05) is 15.5 Å². The Labute approximate surface area is 112 Å². The van der Waals surface area contributed by atoms with E-state index < -0.39 is 0 Å². The van der Waals surface area contributed by atoms with Crippen LogP contribution in [-0.2, 0) is 0 Å². The summed E-state index contributed by atoms with van der Waals surface area (Å²) in [7, 11) is 0. The summed E-state index contributed by atoms with van der Waals surface area (Å²) < 4.78 is 1.03. The van der Waals surface area contributed by atoms with E-state index in [1.807, 2.05) is 12.1 Å². The van der Waals surface area contributed by atoms with E-state index in [9.17, 15) is 0 Å². The number of hydrogen-bond donors (Lipinski definition) is 1. The lowest BCUT2D eigenvalue weighted by Crippen LogP contribution is -2.31. The molecule has 0 radical (unpaired) electrons. The van der Waals surface area contributed by atoms with Crippen LogP contribution in [0.15, 0.2) is 22.7 Å². The average molecular weight is 305 g/mol. The van der Waals surface area contributed by atoms with Gasteiger partial charge in [-0.1, -0.05) is 47.4 Å². The first kappa shape index (κ1) is 14.0. The van der Waals surface area contributed by atoms with Crippen molar-refractivity contribution in [3.05, 3.63) is 33.3 Å². The number of nitrogens with one attached hydrogen (secondary N) is 1. The molecule has 0 aliphatic carbocycles. The first-order valence-corrected chi connectivity index (χ1v) is 6.91. The third-order valence-electron chi connectivity index (χ3n) is 2.92. The Bertz CT molecular complexity index is 341. The van der Waals surface area contributed by atoms with E-state index in [0.717, 1.165) is 22.5 Å². The fraction of sp³-hybridized carbons (Fsp3) is 0.538. The first-order chi connectivity index (χ1) is 7.56. The summed E-state index contributed by atoms with van der Waals surface area (Å²) in [6.45, 7) is 7.65. The monoisotopic (exact) mass is 303 g/mol. The van der Waals surface area contributed by atoms with E-state index in [1.54, 1.807) is 0 Å². The maximum absolute atomic E-state index is 6.24. The standard InChI is InChI=1S/C13H19BrClN/c1-4-7-16-10(3)9(2)12-6-5-11(14)8-13(12)15/h5-6,8-10,16H,4,7H2,1-3H3. The molecule has 0 aromatic heterocycles. The maximum atomic E-state index is 6.24. The second-order valence-corrected chi connectivity index (χ2v) is 5.52. The molecule has 0 saturated heterocycles. The molecule has 1 aromatic carbocycles. The molecule has 3 heteroatoms. The van der Waals surface area contributed by atoms with E-state index in [0.29, 0.717) is 12.0 Å². The van der Waals surface area contributed by atoms with Crippen molar-refractivity contribution in [1.29, 1.82) is 0 Å². The van der Waals surface area contributed by atoms with Gasteiger partial charge in [-0.3, -0.25) is 0 Å². The molecule has 2 atom stereocenters. The van der Waals surface area contributed by atoms with Gasteiger partial charge in [0.1, 0.15) is 0 Å². The third-order valence-corrected chi connectivity index (χ3v) is 3.74. The SMILES string of the molecule is CCCNC(C)C(C)c1ccc(Br)cc1Cl. The van der Waals surface area contributed by atoms with E-state index in [4.69, 9.17) is 11.6 Å². The maximum Gasteiger partial charge on any atom is 0.0452 e. The van der Waals surface area contributed by atoms with E-state index in [-0.39, 0.29) is 0 Å². The number of rotatable bonds is 5. The van der Waals surface area contributed by atoms with Crippen molar-refractivity contribution >= 4 is 27.5 Å². The fourth-order valence-electron chi connectivity index (χ4n) is 1.69. The average Bonchev–Trinajstić information content (AvgIpc) is 2.25. The fourth-order valence-corrected chi connectivity index (χ4v) is 2.53. The highest BCUT2D eigenvalue weighted by atomic mass is 79.9. The molecule has 0 amide bonds. The Morgan fingerprint density at radius 1 is 1.38 bits per heavy atom. The van der Waals surface area contributed by atoms with Gasteiger partial charge < -0.3 is 5.32 Å². The highest BCUT2D eigenvalue weighted by molar-refractivity contribution is 9.10. The minimum Gasteiger partial charge on any atom is -0.314 e. The Kier molecular flexibility index (Phi) is 5.81. The van der Waals surface area contributed by atoms with Crippen LogP contribution >= 0.6 is 27.5 Å². The van der Waals surface area contributed by atoms with Gasteiger partial charge in [-0.15, -0.1) is 0 Å². The van der Waals surface area contributed by atoms with Gasteiger partial charge >= 0.3 is 0 Å². The van der Waals surface area contributed by atoms with Crippen LogP contribution in [0.2, 0.25) is 5.02 Å². The van der Waals surface area contributed by atoms with E-state index >= 15 is 0 Å². The van der Waals surface area contributed by atoms with Gasteiger partial charge in [-0.25, -0.2) is 0 Å². The number of hydrogen-bond acceptors (Lipinski definition) is 1. The number of halogens is 2. The summed E-state index contributed by atoms with van der Waals surface area (Å²) in [5, 5.41) is 4.34. The summed E-state index contributed by atoms with van der Waals surface area (Å²) in [5.41, 5.74) is 1.21. The predicted molar refractivity (Wildman–Crippen MR) is 75.3 cm³/mol. The highest BCUT2D eigenvalue weighted by Crippen LogP contribution is 2.29. The third kappa shape index (κ3) is 3.76. The molecule has 16 heavy (non-hydrogen) atoms. The summed E-state index contributed by atoms with van der Waals surface area (Å²) in [4.78, 5) is 0. The Morgan fingerprint density at radius 2 is 2.06 bits per heavy atom. The minimum absolute atomic E-state index is 0.423. The molecule has 2 unspecified atom stereocenters. The Morgan fingerprint density at radius 3 is 2.62 bits per heavy atom. The van der Waals surface area contributed by atoms with Crippen LogP contribution in [0.3, 0.4) is 0 Å². The van der Waals surface area contributed by atoms with Crippen molar-refractivity contribution < 1.29 is 0 Å². The van der Waals surface area contributed by atoms with Crippen LogP contribution in [0.25, 0.3) is 0 Å². The lowest BCUT2D eigenvalue weighted by molar-refractivity contribution is 0.481. The van der Waals surface area contributed by atoms with Crippen molar-refractivity contribution in [2.45, 2.75) is 39.2 Å². The van der Waals surface area contributed by atoms with Crippen molar-refractivity contribution in [3.8, 4) is 0 Å². The van der Waals surface area contributed by atoms with Gasteiger partial charge in [-0.2, -0.15) is 0 Å². The molecule has 0 saturated carbocycles. The summed E-state index contributed by atoms with van der Waals surface area (Å²) in [6.07, 6.45) is 1.16. The summed E-state index contributed by atoms with van der Waals surface area (Å²) >= 11 is 9.67. The lowest BCUT2D eigenvalue weighted by Gasteiger charge is -2.22. The Balaban J connectivity index is 2.75. The van der Waals surface area contributed by atoms with Gasteiger partial charge in [0.05, 0.1) is 0 Å². The minimum atomic E-state index is 0.423. The second kappa shape index (κ2) is 6.63. The zero-order chi connectivity index (χ0) is 12.1. The highest BCUT2D eigenvalue weighted by Gasteiger charge is 2.16. The normalized spacial score (nSPS) is 14.8. The van der Waals surface area contributed by atoms with Crippen LogP contribution in [0, 0.1) is 0 Å². The zero-order valence-electron chi connectivity index (χ0n) is 10.1. The van der Waals surface area contributed by atoms with Crippen LogP contribution in [0.1, 0.15) is 38.7 Å². The van der Waals surface area contributed by atoms with Crippen LogP contribution < -0.4 is 5.32 Å². The molecule has 1 N–H and O–H groups in total. The van der Waals surface area contributed by atoms with Crippen LogP contribution in [-0.4, -0.2) is 12.6 Å². The van der Waals surface area contributed by atoms with Crippen LogP contribution in [0.4, 0.5) is 0 Å². The smallest absolute Gasteiger partial charge is 0.0452 e.